The number of hydrogen-bond donors (Lipinski definition) is 2. The van der Waals surface area contributed by atoms with Crippen LogP contribution in [0.1, 0.15) is 6.42 Å². The maximum absolute atomic E-state index is 8.13. The maximum atomic E-state index is 8.13. The third kappa shape index (κ3) is 6.60. The summed E-state index contributed by atoms with van der Waals surface area (Å²) in [5.74, 6) is 0. The van der Waals surface area contributed by atoms with Crippen LogP contribution in [-0.2, 0) is 32.7 Å². The summed E-state index contributed by atoms with van der Waals surface area (Å²) in [6.45, 7) is 3.36. The Bertz CT molecular complexity index is 72.8. The first-order valence-electron chi connectivity index (χ1n) is 2.06. The molecule has 3 heteroatoms. The summed E-state index contributed by atoms with van der Waals surface area (Å²) in [5.41, 5.74) is 5.68. The molecule has 0 aliphatic carbocycles. The molecule has 0 amide bonds. The third-order valence-electron chi connectivity index (χ3n) is 0.575. The Kier molecular flexibility index (Phi) is 10.8. The SMILES string of the molecule is [CH2-]CC(N)=[C-]CO.[Y]. The second kappa shape index (κ2) is 7.60. The van der Waals surface area contributed by atoms with Crippen molar-refractivity contribution in [2.75, 3.05) is 6.61 Å². The van der Waals surface area contributed by atoms with Crippen molar-refractivity contribution in [3.63, 3.8) is 0 Å². The van der Waals surface area contributed by atoms with Crippen LogP contribution >= 0.6 is 0 Å². The average molecular weight is 188 g/mol. The Balaban J connectivity index is 0. The van der Waals surface area contributed by atoms with E-state index in [-0.39, 0.29) is 39.3 Å². The molecule has 8 heavy (non-hydrogen) atoms. The van der Waals surface area contributed by atoms with Gasteiger partial charge in [0.25, 0.3) is 0 Å². The maximum Gasteiger partial charge on any atom is 0 e. The zero-order chi connectivity index (χ0) is 5.70. The van der Waals surface area contributed by atoms with Gasteiger partial charge < -0.3 is 23.8 Å². The molecule has 3 N–H and O–H groups in total. The summed E-state index contributed by atoms with van der Waals surface area (Å²) in [6.07, 6.45) is 3.00. The Morgan fingerprint density at radius 2 is 2.25 bits per heavy atom. The van der Waals surface area contributed by atoms with Gasteiger partial charge in [0.2, 0.25) is 0 Å². The summed E-state index contributed by atoms with van der Waals surface area (Å²) in [7, 11) is 0. The molecule has 0 saturated heterocycles. The number of aliphatic hydroxyl groups excluding tert-OH is 1. The van der Waals surface area contributed by atoms with E-state index >= 15 is 0 Å². The number of nitrogens with two attached hydrogens (primary N) is 1. The van der Waals surface area contributed by atoms with Crippen LogP contribution in [0.25, 0.3) is 0 Å². The topological polar surface area (TPSA) is 46.2 Å². The fourth-order valence-corrected chi connectivity index (χ4v) is 0.190. The van der Waals surface area contributed by atoms with Crippen LogP contribution in [0.15, 0.2) is 5.70 Å². The summed E-state index contributed by atoms with van der Waals surface area (Å²) >= 11 is 0. The fraction of sp³-hybridized carbons (Fsp3) is 0.400. The van der Waals surface area contributed by atoms with E-state index in [2.05, 4.69) is 13.0 Å². The first-order chi connectivity index (χ1) is 3.31. The molecular weight excluding hydrogens is 179 g/mol. The van der Waals surface area contributed by atoms with Crippen molar-refractivity contribution in [2.45, 2.75) is 6.42 Å². The molecule has 0 unspecified atom stereocenters. The molecule has 2 nitrogen and oxygen atoms in total. The van der Waals surface area contributed by atoms with Crippen LogP contribution in [-0.4, -0.2) is 11.7 Å². The number of allylic oxidation sites excluding steroid dienone is 1. The summed E-state index contributed by atoms with van der Waals surface area (Å²) in [6, 6.07) is 0. The monoisotopic (exact) mass is 188 g/mol. The molecule has 0 saturated carbocycles. The van der Waals surface area contributed by atoms with Gasteiger partial charge in [-0.15, -0.1) is 0 Å². The molecule has 0 rings (SSSR count). The zero-order valence-electron chi connectivity index (χ0n) is 4.72. The minimum Gasteiger partial charge on any atom is -0.453 e. The van der Waals surface area contributed by atoms with Gasteiger partial charge in [0.1, 0.15) is 0 Å². The molecule has 1 radical (unpaired) electrons. The number of aliphatic hydroxyl groups is 1. The molecule has 0 aliphatic heterocycles. The van der Waals surface area contributed by atoms with Crippen molar-refractivity contribution >= 4 is 0 Å². The van der Waals surface area contributed by atoms with E-state index in [0.29, 0.717) is 12.1 Å². The van der Waals surface area contributed by atoms with Gasteiger partial charge in [0, 0.05) is 32.7 Å². The van der Waals surface area contributed by atoms with Crippen LogP contribution in [0.2, 0.25) is 0 Å². The predicted octanol–water partition coefficient (Wildman–Crippen LogP) is -0.154. The minimum absolute atomic E-state index is 0. The summed E-state index contributed by atoms with van der Waals surface area (Å²) in [5, 5.41) is 8.13. The second-order valence-electron chi connectivity index (χ2n) is 1.11. The molecule has 0 spiro atoms. The van der Waals surface area contributed by atoms with Crippen LogP contribution in [0.4, 0.5) is 0 Å². The smallest absolute Gasteiger partial charge is 0 e. The number of rotatable bonds is 2. The minimum atomic E-state index is -0.110. The van der Waals surface area contributed by atoms with Crippen LogP contribution in [0.5, 0.6) is 0 Å². The van der Waals surface area contributed by atoms with Gasteiger partial charge >= 0.3 is 0 Å². The van der Waals surface area contributed by atoms with Crippen LogP contribution < -0.4 is 5.73 Å². The van der Waals surface area contributed by atoms with E-state index in [1.54, 1.807) is 0 Å². The molecule has 0 atom stereocenters. The van der Waals surface area contributed by atoms with E-state index in [9.17, 15) is 0 Å². The quantitative estimate of drug-likeness (QED) is 0.591. The largest absolute Gasteiger partial charge is 0.453 e. The first-order valence-corrected chi connectivity index (χ1v) is 2.06. The van der Waals surface area contributed by atoms with Crippen LogP contribution in [0.3, 0.4) is 0 Å². The molecule has 0 bridgehead atoms. The van der Waals surface area contributed by atoms with Gasteiger partial charge in [-0.1, -0.05) is 6.61 Å². The van der Waals surface area contributed by atoms with Gasteiger partial charge in [0.05, 0.1) is 0 Å². The third-order valence-corrected chi connectivity index (χ3v) is 0.575. The van der Waals surface area contributed by atoms with Crippen molar-refractivity contribution in [1.29, 1.82) is 0 Å². The van der Waals surface area contributed by atoms with Crippen molar-refractivity contribution in [3.8, 4) is 0 Å². The van der Waals surface area contributed by atoms with Crippen molar-refractivity contribution in [1.82, 2.24) is 0 Å². The molecule has 0 fully saturated rings. The Hall–Kier alpha value is 0.604. The second-order valence-corrected chi connectivity index (χ2v) is 1.11. The summed E-state index contributed by atoms with van der Waals surface area (Å²) in [4.78, 5) is 0. The van der Waals surface area contributed by atoms with E-state index in [0.717, 1.165) is 0 Å². The molecule has 45 valence electrons. The van der Waals surface area contributed by atoms with Gasteiger partial charge in [-0.2, -0.15) is 6.42 Å². The zero-order valence-corrected chi connectivity index (χ0v) is 7.56. The van der Waals surface area contributed by atoms with Gasteiger partial charge in [-0.3, -0.25) is 0 Å². The van der Waals surface area contributed by atoms with E-state index in [1.807, 2.05) is 0 Å². The Morgan fingerprint density at radius 1 is 1.75 bits per heavy atom. The van der Waals surface area contributed by atoms with Crippen molar-refractivity contribution in [2.24, 2.45) is 5.73 Å². The number of hydrogen-bond acceptors (Lipinski definition) is 2. The predicted molar refractivity (Wildman–Crippen MR) is 28.0 cm³/mol. The Morgan fingerprint density at radius 3 is 2.38 bits per heavy atom. The molecule has 0 heterocycles. The standard InChI is InChI=1S/C5H9NO.Y/c1-2-5(6)3-4-7;/h7H,1-2,4,6H2;/q-2;. The fourth-order valence-electron chi connectivity index (χ4n) is 0.190. The van der Waals surface area contributed by atoms with Gasteiger partial charge in [-0.05, 0) is 0 Å². The molecule has 0 aromatic heterocycles. The average Bonchev–Trinajstić information content (AvgIpc) is 1.68. The normalized spacial score (nSPS) is 10.5. The molecule has 0 aromatic rings. The molecule has 0 aliphatic rings. The van der Waals surface area contributed by atoms with Gasteiger partial charge in [-0.25, -0.2) is 5.70 Å². The van der Waals surface area contributed by atoms with E-state index in [1.165, 1.54) is 0 Å². The molecular formula is C5H9NOY-2. The van der Waals surface area contributed by atoms with Gasteiger partial charge in [0.15, 0.2) is 0 Å². The van der Waals surface area contributed by atoms with Crippen molar-refractivity contribution in [3.05, 3.63) is 18.7 Å². The summed E-state index contributed by atoms with van der Waals surface area (Å²) < 4.78 is 0. The van der Waals surface area contributed by atoms with Crippen LogP contribution in [0, 0.1) is 13.0 Å². The van der Waals surface area contributed by atoms with Crippen molar-refractivity contribution < 1.29 is 37.8 Å². The Labute approximate surface area is 75.0 Å². The van der Waals surface area contributed by atoms with E-state index in [4.69, 9.17) is 10.8 Å². The molecule has 0 aromatic carbocycles. The first kappa shape index (κ1) is 11.4. The van der Waals surface area contributed by atoms with E-state index < -0.39 is 0 Å².